The summed E-state index contributed by atoms with van der Waals surface area (Å²) in [6, 6.07) is 20.0. The average molecular weight is 517 g/mol. The van der Waals surface area contributed by atoms with Crippen LogP contribution in [0.2, 0.25) is 0 Å². The van der Waals surface area contributed by atoms with Crippen LogP contribution < -0.4 is 4.74 Å². The quantitative estimate of drug-likeness (QED) is 0.0983. The van der Waals surface area contributed by atoms with E-state index in [-0.39, 0.29) is 11.7 Å². The molecule has 1 aliphatic heterocycles. The van der Waals surface area contributed by atoms with Crippen molar-refractivity contribution in [2.75, 3.05) is 0 Å². The fourth-order valence-electron chi connectivity index (χ4n) is 6.39. The smallest absolute Gasteiger partial charge is 0.200 e. The third-order valence-electron chi connectivity index (χ3n) is 8.07. The molecule has 0 radical (unpaired) electrons. The number of fused-ring (bicyclic) bond motifs is 5. The summed E-state index contributed by atoms with van der Waals surface area (Å²) in [6.07, 6.45) is 4.56. The lowest BCUT2D eigenvalue weighted by Crippen LogP contribution is -2.22. The van der Waals surface area contributed by atoms with Gasteiger partial charge in [0.15, 0.2) is 23.3 Å². The molecule has 1 heterocycles. The van der Waals surface area contributed by atoms with Gasteiger partial charge in [0.2, 0.25) is 5.82 Å². The van der Waals surface area contributed by atoms with Gasteiger partial charge in [0, 0.05) is 17.0 Å². The predicted molar refractivity (Wildman–Crippen MR) is 138 cm³/mol. The lowest BCUT2D eigenvalue weighted by atomic mass is 9.81. The van der Waals surface area contributed by atoms with E-state index in [0.29, 0.717) is 27.5 Å². The first-order valence-corrected chi connectivity index (χ1v) is 12.7. The molecule has 1 nitrogen and oxygen atoms in total. The zero-order chi connectivity index (χ0) is 26.1. The van der Waals surface area contributed by atoms with Crippen LogP contribution in [-0.4, -0.2) is 6.10 Å². The summed E-state index contributed by atoms with van der Waals surface area (Å²) in [5.41, 5.74) is 1.96. The van der Waals surface area contributed by atoms with Crippen molar-refractivity contribution >= 4 is 21.5 Å². The van der Waals surface area contributed by atoms with E-state index in [1.807, 2.05) is 24.3 Å². The molecule has 2 unspecified atom stereocenters. The third-order valence-corrected chi connectivity index (χ3v) is 8.07. The summed E-state index contributed by atoms with van der Waals surface area (Å²) >= 11 is 0. The molecule has 0 aromatic heterocycles. The van der Waals surface area contributed by atoms with Crippen molar-refractivity contribution in [2.45, 2.75) is 37.7 Å². The van der Waals surface area contributed by atoms with Gasteiger partial charge in [-0.1, -0.05) is 61.0 Å². The Balaban J connectivity index is 1.56. The van der Waals surface area contributed by atoms with Gasteiger partial charge in [-0.25, -0.2) is 22.0 Å². The molecule has 5 aromatic carbocycles. The first-order valence-electron chi connectivity index (χ1n) is 12.7. The van der Waals surface area contributed by atoms with Gasteiger partial charge in [0.25, 0.3) is 0 Å². The van der Waals surface area contributed by atoms with Gasteiger partial charge in [-0.3, -0.25) is 0 Å². The summed E-state index contributed by atoms with van der Waals surface area (Å²) in [5.74, 6) is -8.57. The number of halogens is 5. The lowest BCUT2D eigenvalue weighted by molar-refractivity contribution is 0.164. The van der Waals surface area contributed by atoms with E-state index in [9.17, 15) is 13.2 Å². The Morgan fingerprint density at radius 3 is 1.68 bits per heavy atom. The highest BCUT2D eigenvalue weighted by atomic mass is 19.2. The number of rotatable bonds is 2. The van der Waals surface area contributed by atoms with E-state index in [0.717, 1.165) is 48.1 Å². The van der Waals surface area contributed by atoms with Crippen molar-refractivity contribution in [3.05, 3.63) is 101 Å². The van der Waals surface area contributed by atoms with Crippen molar-refractivity contribution < 1.29 is 26.7 Å². The van der Waals surface area contributed by atoms with Crippen molar-refractivity contribution in [3.63, 3.8) is 0 Å². The van der Waals surface area contributed by atoms with E-state index in [1.165, 1.54) is 0 Å². The molecule has 0 amide bonds. The fourth-order valence-corrected chi connectivity index (χ4v) is 6.39. The zero-order valence-electron chi connectivity index (χ0n) is 20.1. The summed E-state index contributed by atoms with van der Waals surface area (Å²) in [4.78, 5) is 0. The summed E-state index contributed by atoms with van der Waals surface area (Å²) < 4.78 is 79.1. The topological polar surface area (TPSA) is 9.23 Å². The highest BCUT2D eigenvalue weighted by Gasteiger charge is 2.36. The van der Waals surface area contributed by atoms with E-state index in [1.54, 1.807) is 36.4 Å². The van der Waals surface area contributed by atoms with Crippen LogP contribution in [0.4, 0.5) is 22.0 Å². The molecule has 0 N–H and O–H groups in total. The van der Waals surface area contributed by atoms with Gasteiger partial charge in [-0.05, 0) is 64.1 Å². The summed E-state index contributed by atoms with van der Waals surface area (Å²) in [5, 5.41) is 2.11. The maximum atomic E-state index is 15.1. The Kier molecular flexibility index (Phi) is 5.22. The zero-order valence-corrected chi connectivity index (χ0v) is 20.1. The first-order chi connectivity index (χ1) is 18.5. The normalized spacial score (nSPS) is 18.4. The van der Waals surface area contributed by atoms with E-state index < -0.39 is 34.6 Å². The maximum absolute atomic E-state index is 15.1. The molecule has 1 aliphatic carbocycles. The van der Waals surface area contributed by atoms with Gasteiger partial charge in [-0.15, -0.1) is 0 Å². The standard InChI is InChI=1S/C32H21F5O/c33-28-27(29(34)31(36)32(37)30(28)35)26-20-10-3-1-8-18(20)25(19-9-2-4-11-21(19)26)16-13-14-24-22(15-16)17-7-5-6-12-23(17)38-24/h1-4,8-11,13-15,17,23H,5-7,12H2. The van der Waals surface area contributed by atoms with Gasteiger partial charge in [-0.2, -0.15) is 0 Å². The molecular formula is C32H21F5O. The molecule has 2 atom stereocenters. The van der Waals surface area contributed by atoms with E-state index >= 15 is 8.78 Å². The molecule has 6 heteroatoms. The molecule has 1 fully saturated rings. The van der Waals surface area contributed by atoms with Crippen molar-refractivity contribution in [1.82, 2.24) is 0 Å². The molecule has 1 saturated carbocycles. The van der Waals surface area contributed by atoms with Crippen LogP contribution in [0.1, 0.15) is 37.2 Å². The van der Waals surface area contributed by atoms with Crippen LogP contribution in [0.25, 0.3) is 43.8 Å². The van der Waals surface area contributed by atoms with Crippen LogP contribution >= 0.6 is 0 Å². The third kappa shape index (κ3) is 3.22. The Morgan fingerprint density at radius 2 is 1.08 bits per heavy atom. The second kappa shape index (κ2) is 8.55. The van der Waals surface area contributed by atoms with Crippen LogP contribution in [-0.2, 0) is 0 Å². The Bertz CT molecular complexity index is 1690. The van der Waals surface area contributed by atoms with Crippen LogP contribution in [0.3, 0.4) is 0 Å². The van der Waals surface area contributed by atoms with Gasteiger partial charge in [0.05, 0.1) is 5.56 Å². The maximum Gasteiger partial charge on any atom is 0.200 e. The minimum atomic E-state index is -2.17. The van der Waals surface area contributed by atoms with Gasteiger partial charge >= 0.3 is 0 Å². The monoisotopic (exact) mass is 516 g/mol. The predicted octanol–water partition coefficient (Wildman–Crippen LogP) is 9.44. The minimum absolute atomic E-state index is 0.0235. The Labute approximate surface area is 215 Å². The van der Waals surface area contributed by atoms with Gasteiger partial charge in [0.1, 0.15) is 11.9 Å². The molecular weight excluding hydrogens is 495 g/mol. The van der Waals surface area contributed by atoms with Crippen molar-refractivity contribution in [3.8, 4) is 28.0 Å². The SMILES string of the molecule is Fc1c(F)c(F)c(-c2c3ccccc3c(-c3ccc4c(c3)C3CCCCC3O4)c3ccccc23)c(F)c1F. The van der Waals surface area contributed by atoms with Crippen LogP contribution in [0.15, 0.2) is 66.7 Å². The largest absolute Gasteiger partial charge is 0.489 e. The van der Waals surface area contributed by atoms with E-state index in [2.05, 4.69) is 6.07 Å². The lowest BCUT2D eigenvalue weighted by Gasteiger charge is -2.24. The highest BCUT2D eigenvalue weighted by molar-refractivity contribution is 6.21. The Hall–Kier alpha value is -3.93. The van der Waals surface area contributed by atoms with Crippen molar-refractivity contribution in [1.29, 1.82) is 0 Å². The average Bonchev–Trinajstić information content (AvgIpc) is 3.33. The summed E-state index contributed by atoms with van der Waals surface area (Å²) in [6.45, 7) is 0. The summed E-state index contributed by atoms with van der Waals surface area (Å²) in [7, 11) is 0. The van der Waals surface area contributed by atoms with Crippen molar-refractivity contribution in [2.24, 2.45) is 0 Å². The minimum Gasteiger partial charge on any atom is -0.489 e. The molecule has 7 rings (SSSR count). The number of benzene rings is 5. The second-order valence-corrected chi connectivity index (χ2v) is 10.1. The molecule has 0 spiro atoms. The number of hydrogen-bond acceptors (Lipinski definition) is 1. The number of ether oxygens (including phenoxy) is 1. The first kappa shape index (κ1) is 23.2. The molecule has 0 saturated heterocycles. The second-order valence-electron chi connectivity index (χ2n) is 10.1. The molecule has 190 valence electrons. The van der Waals surface area contributed by atoms with E-state index in [4.69, 9.17) is 4.74 Å². The van der Waals surface area contributed by atoms with Crippen LogP contribution in [0.5, 0.6) is 5.75 Å². The molecule has 38 heavy (non-hydrogen) atoms. The molecule has 5 aromatic rings. The highest BCUT2D eigenvalue weighted by Crippen LogP contribution is 2.50. The number of hydrogen-bond donors (Lipinski definition) is 0. The fraction of sp³-hybridized carbons (Fsp3) is 0.188. The molecule has 2 aliphatic rings. The molecule has 0 bridgehead atoms. The van der Waals surface area contributed by atoms with Crippen LogP contribution in [0, 0.1) is 29.1 Å². The Morgan fingerprint density at radius 1 is 0.553 bits per heavy atom. The van der Waals surface area contributed by atoms with Gasteiger partial charge < -0.3 is 4.74 Å².